The summed E-state index contributed by atoms with van der Waals surface area (Å²) in [6, 6.07) is 90.6. The minimum atomic E-state index is -1.22. The Morgan fingerprint density at radius 3 is 0.628 bits per heavy atom. The molecule has 11 heteroatoms. The van der Waals surface area contributed by atoms with Gasteiger partial charge in [0.25, 0.3) is 0 Å². The van der Waals surface area contributed by atoms with Crippen LogP contribution in [-0.2, 0) is 17.1 Å². The van der Waals surface area contributed by atoms with Crippen LogP contribution in [0.25, 0.3) is 0 Å². The van der Waals surface area contributed by atoms with Gasteiger partial charge in [0.05, 0.1) is 67.5 Å². The third-order valence-corrected chi connectivity index (χ3v) is 19.3. The molecule has 0 saturated carbocycles. The summed E-state index contributed by atoms with van der Waals surface area (Å²) in [7, 11) is -0.244. The van der Waals surface area contributed by atoms with Gasteiger partial charge >= 0.3 is 17.1 Å². The Morgan fingerprint density at radius 2 is 0.500 bits per heavy atom. The van der Waals surface area contributed by atoms with E-state index >= 15 is 0 Å². The first-order chi connectivity index (χ1) is 37.9. The summed E-state index contributed by atoms with van der Waals surface area (Å²) in [5, 5.41) is 14.8. The van der Waals surface area contributed by atoms with Crippen molar-refractivity contribution in [2.24, 2.45) is 9.98 Å². The standard InChI is InChI=1S/2C24H20B.C14H30N2P2.2C2H3N.CH2Cl2.Fe/c2*1-5-13-21(14-6-1)25(22-15-7-2-8-16-22,23-17-9-3-10-18-23)24-19-11-4-12-20-24;1-5-17(6-2)13-11-15-9-10-16-12-14-18(7-3)8-4;2*1-2-3;2-1-3;/h2*1-20H;11-12H,5-10,13-14H2,1-4H3;2*1H3;1H2;/q2*-1;;;;;+2/p+2. The van der Waals surface area contributed by atoms with Crippen molar-refractivity contribution in [3.8, 4) is 12.1 Å². The molecule has 0 spiro atoms. The molecule has 0 fully saturated rings. The molecule has 0 heterocycles. The van der Waals surface area contributed by atoms with Crippen molar-refractivity contribution in [1.29, 1.82) is 10.5 Å². The van der Waals surface area contributed by atoms with Gasteiger partial charge in [0.15, 0.2) is 0 Å². The second-order valence-corrected chi connectivity index (χ2v) is 25.5. The Kier molecular flexibility index (Phi) is 36.9. The van der Waals surface area contributed by atoms with Crippen molar-refractivity contribution in [3.05, 3.63) is 243 Å². The molecule has 8 aromatic carbocycles. The van der Waals surface area contributed by atoms with Gasteiger partial charge in [0.1, 0.15) is 12.3 Å². The Labute approximate surface area is 493 Å². The van der Waals surface area contributed by atoms with Crippen LogP contribution in [0.4, 0.5) is 0 Å². The van der Waals surface area contributed by atoms with Gasteiger partial charge in [-0.15, -0.1) is 23.2 Å². The zero-order chi connectivity index (χ0) is 55.7. The Bertz CT molecular complexity index is 2320. The van der Waals surface area contributed by atoms with E-state index in [0.29, 0.717) is 0 Å². The van der Waals surface area contributed by atoms with Gasteiger partial charge < -0.3 is 0 Å². The molecule has 0 aromatic heterocycles. The van der Waals surface area contributed by atoms with Crippen LogP contribution >= 0.6 is 39.0 Å². The maximum Gasteiger partial charge on any atom is 2.00 e. The smallest absolute Gasteiger partial charge is 0.292 e. The molecule has 0 amide bonds. The molecule has 0 N–H and O–H groups in total. The number of nitrogens with zero attached hydrogens (tertiary/aromatic N) is 4. The number of benzene rings is 8. The molecule has 8 rings (SSSR count). The maximum absolute atomic E-state index is 7.32. The van der Waals surface area contributed by atoms with Gasteiger partial charge in [-0.2, -0.15) is 54.2 Å². The zero-order valence-corrected chi connectivity index (χ0v) is 51.3. The van der Waals surface area contributed by atoms with Crippen molar-refractivity contribution in [2.75, 3.05) is 55.4 Å². The Hall–Kier alpha value is -5.83. The number of alkyl halides is 2. The van der Waals surface area contributed by atoms with Gasteiger partial charge in [-0.25, -0.2) is 0 Å². The molecule has 0 bridgehead atoms. The second kappa shape index (κ2) is 42.2. The minimum Gasteiger partial charge on any atom is -0.292 e. The minimum absolute atomic E-state index is 0. The van der Waals surface area contributed by atoms with Crippen LogP contribution < -0.4 is 43.7 Å². The molecule has 0 unspecified atom stereocenters. The number of aliphatic imine (C=N–C) groups is 2. The zero-order valence-electron chi connectivity index (χ0n) is 46.7. The summed E-state index contributed by atoms with van der Waals surface area (Å²) in [6.07, 6.45) is 9.79. The Morgan fingerprint density at radius 1 is 0.359 bits per heavy atom. The summed E-state index contributed by atoms with van der Waals surface area (Å²) in [4.78, 5) is 8.92. The normalized spacial score (nSPS) is 10.5. The fourth-order valence-corrected chi connectivity index (χ4v) is 12.9. The number of halogens is 2. The molecule has 0 aliphatic rings. The summed E-state index contributed by atoms with van der Waals surface area (Å²) in [6.45, 7) is 13.8. The van der Waals surface area contributed by atoms with Gasteiger partial charge in [-0.3, -0.25) is 9.98 Å². The van der Waals surface area contributed by atoms with E-state index in [9.17, 15) is 0 Å². The SMILES string of the molecule is CC#N.CC#N.CC[PH+](CC)CC=NCCN=CC[PH+](CC)CC.ClCCl.[Fe+2].c1ccc([B-](c2ccccc2)(c2ccccc2)c2ccccc2)cc1.c1ccc([B-](c2ccccc2)(c2ccccc2)c2ccccc2)cc1. The monoisotopic (exact) mass is 1150 g/mol. The van der Waals surface area contributed by atoms with Crippen molar-refractivity contribution in [1.82, 2.24) is 0 Å². The van der Waals surface area contributed by atoms with Gasteiger partial charge in [-0.05, 0) is 27.7 Å². The van der Waals surface area contributed by atoms with Gasteiger partial charge in [0.2, 0.25) is 0 Å². The van der Waals surface area contributed by atoms with E-state index in [2.05, 4.69) is 293 Å². The summed E-state index contributed by atoms with van der Waals surface area (Å²) >= 11 is 9.53. The molecule has 8 aromatic rings. The van der Waals surface area contributed by atoms with Crippen LogP contribution in [0.15, 0.2) is 253 Å². The van der Waals surface area contributed by atoms with E-state index < -0.39 is 12.3 Å². The molecule has 404 valence electrons. The largest absolute Gasteiger partial charge is 2.00 e. The summed E-state index contributed by atoms with van der Waals surface area (Å²) < 4.78 is 0. The van der Waals surface area contributed by atoms with Crippen molar-refractivity contribution >= 4 is 107 Å². The first-order valence-electron chi connectivity index (χ1n) is 27.0. The molecular weight excluding hydrogens is 1070 g/mol. The van der Waals surface area contributed by atoms with Crippen molar-refractivity contribution < 1.29 is 17.1 Å². The average Bonchev–Trinajstić information content (AvgIpc) is 3.59. The predicted octanol–water partition coefficient (Wildman–Crippen LogP) is 12.2. The molecular formula is C67H80B2Cl2FeN4P2+2. The first kappa shape index (κ1) is 68.3. The molecule has 0 saturated heterocycles. The van der Waals surface area contributed by atoms with Crippen LogP contribution in [0.2, 0.25) is 0 Å². The number of hydrogen-bond acceptors (Lipinski definition) is 4. The molecule has 0 atom stereocenters. The van der Waals surface area contributed by atoms with Crippen molar-refractivity contribution in [3.63, 3.8) is 0 Å². The van der Waals surface area contributed by atoms with E-state index in [1.54, 1.807) is 12.1 Å². The van der Waals surface area contributed by atoms with Gasteiger partial charge in [0, 0.05) is 42.1 Å². The van der Waals surface area contributed by atoms with Crippen LogP contribution in [0.5, 0.6) is 0 Å². The maximum atomic E-state index is 7.32. The second-order valence-electron chi connectivity index (χ2n) is 18.1. The fourth-order valence-electron chi connectivity index (χ4n) is 10.0. The first-order valence-corrected chi connectivity index (χ1v) is 32.3. The van der Waals surface area contributed by atoms with Gasteiger partial charge in [-0.1, -0.05) is 243 Å². The number of rotatable bonds is 19. The van der Waals surface area contributed by atoms with Crippen LogP contribution in [-0.4, -0.2) is 80.1 Å². The van der Waals surface area contributed by atoms with E-state index in [4.69, 9.17) is 33.7 Å². The number of nitriles is 2. The van der Waals surface area contributed by atoms with Crippen molar-refractivity contribution in [2.45, 2.75) is 41.5 Å². The molecule has 0 radical (unpaired) electrons. The molecule has 0 aliphatic carbocycles. The third-order valence-electron chi connectivity index (χ3n) is 13.8. The molecule has 4 nitrogen and oxygen atoms in total. The summed E-state index contributed by atoms with van der Waals surface area (Å²) in [5.41, 5.74) is 10.7. The van der Waals surface area contributed by atoms with Crippen LogP contribution in [0.3, 0.4) is 0 Å². The molecule has 78 heavy (non-hydrogen) atoms. The fraction of sp³-hybridized carbons (Fsp3) is 0.224. The predicted molar refractivity (Wildman–Crippen MR) is 355 cm³/mol. The van der Waals surface area contributed by atoms with Crippen LogP contribution in [0, 0.1) is 22.7 Å². The Balaban J connectivity index is 0.000000374. The van der Waals surface area contributed by atoms with E-state index in [0.717, 1.165) is 13.1 Å². The average molecular weight is 1150 g/mol. The van der Waals surface area contributed by atoms with E-state index in [1.807, 2.05) is 0 Å². The van der Waals surface area contributed by atoms with E-state index in [-0.39, 0.29) is 38.3 Å². The summed E-state index contributed by atoms with van der Waals surface area (Å²) in [5.74, 6) is 0. The third kappa shape index (κ3) is 21.4. The van der Waals surface area contributed by atoms with Crippen LogP contribution in [0.1, 0.15) is 41.5 Å². The number of hydrogen-bond donors (Lipinski definition) is 0. The topological polar surface area (TPSA) is 72.3 Å². The quantitative estimate of drug-likeness (QED) is 0.0266. The van der Waals surface area contributed by atoms with E-state index in [1.165, 1.54) is 94.5 Å². The molecule has 0 aliphatic heterocycles.